The fourth-order valence-corrected chi connectivity index (χ4v) is 2.11. The molecule has 0 aliphatic carbocycles. The molecule has 0 bridgehead atoms. The normalized spacial score (nSPS) is 12.4. The van der Waals surface area contributed by atoms with Crippen molar-refractivity contribution in [1.29, 1.82) is 0 Å². The first-order valence-corrected chi connectivity index (χ1v) is 7.27. The average molecular weight is 264 g/mol. The fourth-order valence-electron chi connectivity index (χ4n) is 2.11. The van der Waals surface area contributed by atoms with Gasteiger partial charge in [-0.25, -0.2) is 0 Å². The van der Waals surface area contributed by atoms with Crippen molar-refractivity contribution in [2.75, 3.05) is 27.2 Å². The van der Waals surface area contributed by atoms with Crippen molar-refractivity contribution >= 4 is 0 Å². The Bertz CT molecular complexity index is 341. The second-order valence-electron chi connectivity index (χ2n) is 5.17. The summed E-state index contributed by atoms with van der Waals surface area (Å²) in [6.45, 7) is 5.12. The smallest absolute Gasteiger partial charge is 0.119 e. The van der Waals surface area contributed by atoms with Crippen LogP contribution in [0.4, 0.5) is 0 Å². The lowest BCUT2D eigenvalue weighted by Gasteiger charge is -2.12. The quantitative estimate of drug-likeness (QED) is 0.638. The summed E-state index contributed by atoms with van der Waals surface area (Å²) in [5, 5.41) is 6.35. The van der Waals surface area contributed by atoms with Crippen LogP contribution >= 0.6 is 0 Å². The van der Waals surface area contributed by atoms with Gasteiger partial charge in [-0.05, 0) is 63.5 Å². The third-order valence-electron chi connectivity index (χ3n) is 3.28. The molecular formula is C16H28N2O. The van der Waals surface area contributed by atoms with E-state index in [0.717, 1.165) is 37.8 Å². The van der Waals surface area contributed by atoms with Gasteiger partial charge in [0.25, 0.3) is 0 Å². The average Bonchev–Trinajstić information content (AvgIpc) is 2.42. The molecule has 0 aliphatic heterocycles. The van der Waals surface area contributed by atoms with E-state index in [9.17, 15) is 0 Å². The molecule has 1 unspecified atom stereocenters. The van der Waals surface area contributed by atoms with Gasteiger partial charge in [0.2, 0.25) is 0 Å². The van der Waals surface area contributed by atoms with Gasteiger partial charge in [0.15, 0.2) is 0 Å². The second-order valence-corrected chi connectivity index (χ2v) is 5.17. The van der Waals surface area contributed by atoms with Gasteiger partial charge >= 0.3 is 0 Å². The molecule has 1 aromatic carbocycles. The molecule has 0 saturated carbocycles. The lowest BCUT2D eigenvalue weighted by molar-refractivity contribution is 0.292. The van der Waals surface area contributed by atoms with Crippen LogP contribution in [0.5, 0.6) is 5.75 Å². The molecule has 3 heteroatoms. The monoisotopic (exact) mass is 264 g/mol. The highest BCUT2D eigenvalue weighted by Crippen LogP contribution is 2.15. The summed E-state index contributed by atoms with van der Waals surface area (Å²) in [6.07, 6.45) is 3.60. The zero-order valence-electron chi connectivity index (χ0n) is 12.5. The molecule has 0 radical (unpaired) electrons. The zero-order chi connectivity index (χ0) is 13.9. The van der Waals surface area contributed by atoms with Crippen molar-refractivity contribution in [3.05, 3.63) is 29.8 Å². The first-order valence-electron chi connectivity index (χ1n) is 7.27. The Labute approximate surface area is 117 Å². The third-order valence-corrected chi connectivity index (χ3v) is 3.28. The van der Waals surface area contributed by atoms with Crippen LogP contribution in [0, 0.1) is 5.92 Å². The highest BCUT2D eigenvalue weighted by atomic mass is 16.5. The van der Waals surface area contributed by atoms with Crippen molar-refractivity contribution in [1.82, 2.24) is 10.6 Å². The standard InChI is InChI=1S/C16H28N2O/c1-14(9-10-17-2)6-5-11-19-16-8-4-7-15(12-16)13-18-3/h4,7-8,12,14,17-18H,5-6,9-11,13H2,1-3H3. The minimum Gasteiger partial charge on any atom is -0.494 e. The van der Waals surface area contributed by atoms with Crippen LogP contribution in [0.1, 0.15) is 31.7 Å². The van der Waals surface area contributed by atoms with Crippen molar-refractivity contribution in [3.63, 3.8) is 0 Å². The van der Waals surface area contributed by atoms with Gasteiger partial charge in [0.05, 0.1) is 6.61 Å². The second kappa shape index (κ2) is 9.82. The van der Waals surface area contributed by atoms with Crippen LogP contribution in [0.25, 0.3) is 0 Å². The molecule has 0 saturated heterocycles. The molecule has 0 spiro atoms. The molecular weight excluding hydrogens is 236 g/mol. The predicted molar refractivity (Wildman–Crippen MR) is 81.6 cm³/mol. The van der Waals surface area contributed by atoms with Gasteiger partial charge in [0.1, 0.15) is 5.75 Å². The zero-order valence-corrected chi connectivity index (χ0v) is 12.5. The molecule has 1 rings (SSSR count). The van der Waals surface area contributed by atoms with Crippen LogP contribution in [0.15, 0.2) is 24.3 Å². The Morgan fingerprint density at radius 1 is 1.16 bits per heavy atom. The number of hydrogen-bond donors (Lipinski definition) is 2. The number of hydrogen-bond acceptors (Lipinski definition) is 3. The van der Waals surface area contributed by atoms with E-state index in [1.807, 2.05) is 20.2 Å². The Morgan fingerprint density at radius 3 is 2.74 bits per heavy atom. The lowest BCUT2D eigenvalue weighted by atomic mass is 10.0. The van der Waals surface area contributed by atoms with Crippen molar-refractivity contribution < 1.29 is 4.74 Å². The molecule has 108 valence electrons. The summed E-state index contributed by atoms with van der Waals surface area (Å²) >= 11 is 0. The number of benzene rings is 1. The van der Waals surface area contributed by atoms with E-state index in [1.165, 1.54) is 18.4 Å². The van der Waals surface area contributed by atoms with Gasteiger partial charge in [-0.2, -0.15) is 0 Å². The fraction of sp³-hybridized carbons (Fsp3) is 0.625. The molecule has 1 atom stereocenters. The maximum absolute atomic E-state index is 5.80. The first kappa shape index (κ1) is 16.0. The van der Waals surface area contributed by atoms with Crippen LogP contribution < -0.4 is 15.4 Å². The predicted octanol–water partition coefficient (Wildman–Crippen LogP) is 2.81. The van der Waals surface area contributed by atoms with Gasteiger partial charge < -0.3 is 15.4 Å². The molecule has 3 nitrogen and oxygen atoms in total. The molecule has 0 aromatic heterocycles. The van der Waals surface area contributed by atoms with Crippen LogP contribution in [0.2, 0.25) is 0 Å². The Hall–Kier alpha value is -1.06. The summed E-state index contributed by atoms with van der Waals surface area (Å²) in [7, 11) is 3.97. The van der Waals surface area contributed by atoms with Gasteiger partial charge in [-0.1, -0.05) is 19.1 Å². The summed E-state index contributed by atoms with van der Waals surface area (Å²) < 4.78 is 5.80. The molecule has 1 aromatic rings. The highest BCUT2D eigenvalue weighted by molar-refractivity contribution is 5.28. The number of ether oxygens (including phenoxy) is 1. The van der Waals surface area contributed by atoms with Gasteiger partial charge in [-0.15, -0.1) is 0 Å². The topological polar surface area (TPSA) is 33.3 Å². The largest absolute Gasteiger partial charge is 0.494 e. The maximum Gasteiger partial charge on any atom is 0.119 e. The van der Waals surface area contributed by atoms with Crippen LogP contribution in [-0.2, 0) is 6.54 Å². The maximum atomic E-state index is 5.80. The van der Waals surface area contributed by atoms with Gasteiger partial charge in [0, 0.05) is 6.54 Å². The molecule has 19 heavy (non-hydrogen) atoms. The van der Waals surface area contributed by atoms with Crippen molar-refractivity contribution in [2.24, 2.45) is 5.92 Å². The van der Waals surface area contributed by atoms with Gasteiger partial charge in [-0.3, -0.25) is 0 Å². The molecule has 0 fully saturated rings. The number of nitrogens with one attached hydrogen (secondary N) is 2. The van der Waals surface area contributed by atoms with Crippen LogP contribution in [0.3, 0.4) is 0 Å². The summed E-state index contributed by atoms with van der Waals surface area (Å²) in [5.41, 5.74) is 1.27. The van der Waals surface area contributed by atoms with Crippen molar-refractivity contribution in [2.45, 2.75) is 32.7 Å². The Balaban J connectivity index is 2.20. The van der Waals surface area contributed by atoms with E-state index in [4.69, 9.17) is 4.74 Å². The molecule has 0 amide bonds. The SMILES string of the molecule is CNCCC(C)CCCOc1cccc(CNC)c1. The van der Waals surface area contributed by atoms with E-state index in [2.05, 4.69) is 35.8 Å². The van der Waals surface area contributed by atoms with E-state index in [-0.39, 0.29) is 0 Å². The third kappa shape index (κ3) is 7.19. The Kier molecular flexibility index (Phi) is 8.26. The number of rotatable bonds is 10. The molecule has 2 N–H and O–H groups in total. The van der Waals surface area contributed by atoms with Crippen LogP contribution in [-0.4, -0.2) is 27.2 Å². The summed E-state index contributed by atoms with van der Waals surface area (Å²) in [6, 6.07) is 8.31. The Morgan fingerprint density at radius 2 is 2.00 bits per heavy atom. The minimum atomic E-state index is 0.770. The minimum absolute atomic E-state index is 0.770. The summed E-state index contributed by atoms with van der Waals surface area (Å²) in [5.74, 6) is 1.75. The van der Waals surface area contributed by atoms with E-state index in [1.54, 1.807) is 0 Å². The van der Waals surface area contributed by atoms with E-state index >= 15 is 0 Å². The van der Waals surface area contributed by atoms with E-state index < -0.39 is 0 Å². The van der Waals surface area contributed by atoms with E-state index in [0.29, 0.717) is 0 Å². The molecule has 0 heterocycles. The lowest BCUT2D eigenvalue weighted by Crippen LogP contribution is -2.12. The molecule has 0 aliphatic rings. The first-order chi connectivity index (χ1) is 9.26. The highest BCUT2D eigenvalue weighted by Gasteiger charge is 2.02. The summed E-state index contributed by atoms with van der Waals surface area (Å²) in [4.78, 5) is 0. The van der Waals surface area contributed by atoms with Crippen molar-refractivity contribution in [3.8, 4) is 5.75 Å².